The smallest absolute Gasteiger partial charge is 0.0992 e. The summed E-state index contributed by atoms with van der Waals surface area (Å²) in [5, 5.41) is 12.6. The number of rotatable bonds is 2. The third kappa shape index (κ3) is 3.01. The number of halogens is 1. The highest BCUT2D eigenvalue weighted by Crippen LogP contribution is 2.41. The average molecular weight is 333 g/mol. The van der Waals surface area contributed by atoms with Gasteiger partial charge in [0.05, 0.1) is 11.6 Å². The summed E-state index contributed by atoms with van der Waals surface area (Å²) >= 11 is 3.57. The Kier molecular flexibility index (Phi) is 4.31. The van der Waals surface area contributed by atoms with Gasteiger partial charge in [-0.05, 0) is 65.2 Å². The van der Waals surface area contributed by atoms with E-state index in [4.69, 9.17) is 5.26 Å². The van der Waals surface area contributed by atoms with Crippen molar-refractivity contribution in [1.29, 1.82) is 5.26 Å². The van der Waals surface area contributed by atoms with Crippen molar-refractivity contribution in [3.05, 3.63) is 28.2 Å². The Bertz CT molecular complexity index is 520. The fourth-order valence-electron chi connectivity index (χ4n) is 3.93. The summed E-state index contributed by atoms with van der Waals surface area (Å²) in [4.78, 5) is 0. The van der Waals surface area contributed by atoms with E-state index in [0.717, 1.165) is 22.0 Å². The second-order valence-corrected chi connectivity index (χ2v) is 7.12. The highest BCUT2D eigenvalue weighted by Gasteiger charge is 2.32. The van der Waals surface area contributed by atoms with Gasteiger partial charge in [0.1, 0.15) is 0 Å². The zero-order chi connectivity index (χ0) is 13.9. The Morgan fingerprint density at radius 2 is 1.90 bits per heavy atom. The lowest BCUT2D eigenvalue weighted by Crippen LogP contribution is -2.34. The van der Waals surface area contributed by atoms with E-state index in [2.05, 4.69) is 27.3 Å². The molecular formula is C17H21BrN2. The lowest BCUT2D eigenvalue weighted by Gasteiger charge is -2.40. The topological polar surface area (TPSA) is 35.8 Å². The van der Waals surface area contributed by atoms with E-state index in [1.165, 1.54) is 44.9 Å². The zero-order valence-electron chi connectivity index (χ0n) is 11.7. The number of nitriles is 1. The summed E-state index contributed by atoms with van der Waals surface area (Å²) in [6.45, 7) is 0. The number of benzene rings is 1. The number of hydrogen-bond donors (Lipinski definition) is 1. The molecule has 3 unspecified atom stereocenters. The molecule has 2 aliphatic carbocycles. The molecule has 0 amide bonds. The maximum Gasteiger partial charge on any atom is 0.0992 e. The van der Waals surface area contributed by atoms with E-state index >= 15 is 0 Å². The van der Waals surface area contributed by atoms with Gasteiger partial charge in [0.2, 0.25) is 0 Å². The summed E-state index contributed by atoms with van der Waals surface area (Å²) in [7, 11) is 0. The van der Waals surface area contributed by atoms with Gasteiger partial charge in [-0.15, -0.1) is 0 Å². The fraction of sp³-hybridized carbons (Fsp3) is 0.588. The van der Waals surface area contributed by atoms with Crippen LogP contribution >= 0.6 is 15.9 Å². The largest absolute Gasteiger partial charge is 0.381 e. The first kappa shape index (κ1) is 13.9. The monoisotopic (exact) mass is 332 g/mol. The van der Waals surface area contributed by atoms with Crippen molar-refractivity contribution in [2.75, 3.05) is 5.32 Å². The molecule has 3 atom stereocenters. The molecule has 0 heterocycles. The second kappa shape index (κ2) is 6.18. The zero-order valence-corrected chi connectivity index (χ0v) is 13.3. The number of nitrogens with zero attached hydrogens (tertiary/aromatic N) is 1. The van der Waals surface area contributed by atoms with E-state index < -0.39 is 0 Å². The molecule has 0 radical (unpaired) electrons. The minimum absolute atomic E-state index is 0.596. The Hall–Kier alpha value is -1.01. The summed E-state index contributed by atoms with van der Waals surface area (Å²) in [6, 6.07) is 8.58. The molecule has 3 rings (SSSR count). The van der Waals surface area contributed by atoms with Crippen LogP contribution in [-0.2, 0) is 0 Å². The number of anilines is 1. The summed E-state index contributed by atoms with van der Waals surface area (Å²) in [5.41, 5.74) is 1.83. The van der Waals surface area contributed by atoms with Crippen molar-refractivity contribution in [3.8, 4) is 6.07 Å². The molecule has 3 heteroatoms. The van der Waals surface area contributed by atoms with Crippen LogP contribution in [0.1, 0.15) is 50.5 Å². The van der Waals surface area contributed by atoms with Crippen LogP contribution in [0.4, 0.5) is 5.69 Å². The van der Waals surface area contributed by atoms with Gasteiger partial charge in [0, 0.05) is 16.2 Å². The van der Waals surface area contributed by atoms with Gasteiger partial charge in [0.25, 0.3) is 0 Å². The standard InChI is InChI=1S/C17H21BrN2/c18-16-9-12(11-19)5-8-17(16)20-15-7-6-13-3-1-2-4-14(13)10-15/h5,8-9,13-15,20H,1-4,6-7,10H2. The Morgan fingerprint density at radius 1 is 1.10 bits per heavy atom. The molecule has 2 fully saturated rings. The number of nitrogens with one attached hydrogen (secondary N) is 1. The minimum Gasteiger partial charge on any atom is -0.381 e. The van der Waals surface area contributed by atoms with Crippen LogP contribution < -0.4 is 5.32 Å². The minimum atomic E-state index is 0.596. The molecule has 0 spiro atoms. The van der Waals surface area contributed by atoms with E-state index in [1.807, 2.05) is 18.2 Å². The van der Waals surface area contributed by atoms with Gasteiger partial charge in [-0.3, -0.25) is 0 Å². The van der Waals surface area contributed by atoms with Crippen LogP contribution in [-0.4, -0.2) is 6.04 Å². The quantitative estimate of drug-likeness (QED) is 0.818. The first-order valence-electron chi connectivity index (χ1n) is 7.72. The molecule has 20 heavy (non-hydrogen) atoms. The van der Waals surface area contributed by atoms with Crippen LogP contribution in [0.5, 0.6) is 0 Å². The maximum absolute atomic E-state index is 8.91. The van der Waals surface area contributed by atoms with E-state index in [0.29, 0.717) is 11.6 Å². The lowest BCUT2D eigenvalue weighted by atomic mass is 9.69. The molecule has 0 aromatic heterocycles. The molecule has 0 bridgehead atoms. The number of hydrogen-bond acceptors (Lipinski definition) is 2. The predicted molar refractivity (Wildman–Crippen MR) is 85.6 cm³/mol. The molecule has 2 saturated carbocycles. The predicted octanol–water partition coefficient (Wildman–Crippen LogP) is 5.09. The van der Waals surface area contributed by atoms with Crippen molar-refractivity contribution in [2.24, 2.45) is 11.8 Å². The highest BCUT2D eigenvalue weighted by molar-refractivity contribution is 9.10. The van der Waals surface area contributed by atoms with E-state index in [-0.39, 0.29) is 0 Å². The first-order chi connectivity index (χ1) is 9.76. The molecule has 2 aliphatic rings. The normalized spacial score (nSPS) is 29.3. The molecule has 0 saturated heterocycles. The lowest BCUT2D eigenvalue weighted by molar-refractivity contribution is 0.162. The van der Waals surface area contributed by atoms with Gasteiger partial charge in [-0.25, -0.2) is 0 Å². The van der Waals surface area contributed by atoms with Crippen LogP contribution in [0.25, 0.3) is 0 Å². The average Bonchev–Trinajstić information content (AvgIpc) is 2.49. The third-order valence-electron chi connectivity index (χ3n) is 5.00. The molecule has 0 aliphatic heterocycles. The second-order valence-electron chi connectivity index (χ2n) is 6.27. The van der Waals surface area contributed by atoms with Gasteiger partial charge in [-0.1, -0.05) is 25.7 Å². The SMILES string of the molecule is N#Cc1ccc(NC2CCC3CCCCC3C2)c(Br)c1. The van der Waals surface area contributed by atoms with E-state index in [1.54, 1.807) is 0 Å². The van der Waals surface area contributed by atoms with Crippen molar-refractivity contribution >= 4 is 21.6 Å². The summed E-state index contributed by atoms with van der Waals surface area (Å²) in [5.74, 6) is 1.93. The van der Waals surface area contributed by atoms with Crippen LogP contribution in [0.2, 0.25) is 0 Å². The van der Waals surface area contributed by atoms with Crippen LogP contribution in [0.15, 0.2) is 22.7 Å². The fourth-order valence-corrected chi connectivity index (χ4v) is 4.42. The molecule has 1 N–H and O–H groups in total. The molecule has 106 valence electrons. The van der Waals surface area contributed by atoms with Gasteiger partial charge in [0.15, 0.2) is 0 Å². The highest BCUT2D eigenvalue weighted by atomic mass is 79.9. The van der Waals surface area contributed by atoms with Crippen molar-refractivity contribution in [3.63, 3.8) is 0 Å². The first-order valence-corrected chi connectivity index (χ1v) is 8.52. The molecule has 1 aromatic rings. The van der Waals surface area contributed by atoms with Crippen molar-refractivity contribution in [1.82, 2.24) is 0 Å². The van der Waals surface area contributed by atoms with E-state index in [9.17, 15) is 0 Å². The molecule has 2 nitrogen and oxygen atoms in total. The van der Waals surface area contributed by atoms with Gasteiger partial charge >= 0.3 is 0 Å². The Labute approximate surface area is 129 Å². The Morgan fingerprint density at radius 3 is 2.65 bits per heavy atom. The third-order valence-corrected chi connectivity index (χ3v) is 5.65. The molecular weight excluding hydrogens is 312 g/mol. The summed E-state index contributed by atoms with van der Waals surface area (Å²) in [6.07, 6.45) is 9.74. The van der Waals surface area contributed by atoms with Crippen LogP contribution in [0, 0.1) is 23.2 Å². The van der Waals surface area contributed by atoms with Gasteiger partial charge in [-0.2, -0.15) is 5.26 Å². The van der Waals surface area contributed by atoms with Crippen molar-refractivity contribution < 1.29 is 0 Å². The maximum atomic E-state index is 8.91. The summed E-state index contributed by atoms with van der Waals surface area (Å²) < 4.78 is 1.00. The Balaban J connectivity index is 1.65. The molecule has 1 aromatic carbocycles. The number of fused-ring (bicyclic) bond motifs is 1. The van der Waals surface area contributed by atoms with Gasteiger partial charge < -0.3 is 5.32 Å². The van der Waals surface area contributed by atoms with Crippen LogP contribution in [0.3, 0.4) is 0 Å². The van der Waals surface area contributed by atoms with Crippen molar-refractivity contribution in [2.45, 2.75) is 51.0 Å².